The van der Waals surface area contributed by atoms with Gasteiger partial charge in [-0.15, -0.1) is 0 Å². The molecule has 1 saturated carbocycles. The van der Waals surface area contributed by atoms with Crippen molar-refractivity contribution in [2.45, 2.75) is 46.0 Å². The van der Waals surface area contributed by atoms with Gasteiger partial charge in [-0.1, -0.05) is 47.8 Å². The van der Waals surface area contributed by atoms with Gasteiger partial charge in [-0.05, 0) is 48.9 Å². The molecule has 0 atom stereocenters. The first-order chi connectivity index (χ1) is 8.97. The SMILES string of the molecule is Cc1cc(Cl)c(C(C)C)cc1OCC1(CBr)CCC1. The molecule has 19 heavy (non-hydrogen) atoms. The number of halogens is 2. The van der Waals surface area contributed by atoms with Crippen molar-refractivity contribution in [3.05, 3.63) is 28.3 Å². The number of ether oxygens (including phenoxy) is 1. The van der Waals surface area contributed by atoms with Gasteiger partial charge in [0.2, 0.25) is 0 Å². The number of aryl methyl sites for hydroxylation is 1. The van der Waals surface area contributed by atoms with Crippen LogP contribution in [0.1, 0.15) is 50.2 Å². The molecule has 0 unspecified atom stereocenters. The lowest BCUT2D eigenvalue weighted by Crippen LogP contribution is -2.37. The van der Waals surface area contributed by atoms with E-state index in [9.17, 15) is 0 Å². The summed E-state index contributed by atoms with van der Waals surface area (Å²) < 4.78 is 6.09. The van der Waals surface area contributed by atoms with E-state index in [0.29, 0.717) is 11.3 Å². The van der Waals surface area contributed by atoms with E-state index < -0.39 is 0 Å². The zero-order valence-corrected chi connectivity index (χ0v) is 14.3. The lowest BCUT2D eigenvalue weighted by Gasteiger charge is -2.40. The van der Waals surface area contributed by atoms with Gasteiger partial charge >= 0.3 is 0 Å². The number of alkyl halides is 1. The van der Waals surface area contributed by atoms with Crippen LogP contribution >= 0.6 is 27.5 Å². The summed E-state index contributed by atoms with van der Waals surface area (Å²) in [4.78, 5) is 0. The molecule has 0 bridgehead atoms. The standard InChI is InChI=1S/C16H22BrClO/c1-11(2)13-8-15(12(3)7-14(13)18)19-10-16(9-17)5-4-6-16/h7-8,11H,4-6,9-10H2,1-3H3. The van der Waals surface area contributed by atoms with Gasteiger partial charge in [0.25, 0.3) is 0 Å². The first-order valence-corrected chi connectivity index (χ1v) is 8.46. The van der Waals surface area contributed by atoms with E-state index in [-0.39, 0.29) is 0 Å². The second-order valence-corrected chi connectivity index (χ2v) is 7.04. The van der Waals surface area contributed by atoms with E-state index in [1.165, 1.54) is 24.8 Å². The normalized spacial score (nSPS) is 17.4. The van der Waals surface area contributed by atoms with Crippen LogP contribution in [0.5, 0.6) is 5.75 Å². The van der Waals surface area contributed by atoms with Crippen LogP contribution in [0, 0.1) is 12.3 Å². The summed E-state index contributed by atoms with van der Waals surface area (Å²) in [6, 6.07) is 4.14. The highest BCUT2D eigenvalue weighted by molar-refractivity contribution is 9.09. The monoisotopic (exact) mass is 344 g/mol. The highest BCUT2D eigenvalue weighted by Gasteiger charge is 2.36. The first-order valence-electron chi connectivity index (χ1n) is 6.96. The number of hydrogen-bond acceptors (Lipinski definition) is 1. The fraction of sp³-hybridized carbons (Fsp3) is 0.625. The van der Waals surface area contributed by atoms with Crippen molar-refractivity contribution in [3.8, 4) is 5.75 Å². The fourth-order valence-corrected chi connectivity index (χ4v) is 3.65. The summed E-state index contributed by atoms with van der Waals surface area (Å²) in [6.07, 6.45) is 3.86. The number of hydrogen-bond donors (Lipinski definition) is 0. The van der Waals surface area contributed by atoms with Crippen molar-refractivity contribution >= 4 is 27.5 Å². The molecule has 3 heteroatoms. The molecule has 0 amide bonds. The molecule has 1 nitrogen and oxygen atoms in total. The van der Waals surface area contributed by atoms with Gasteiger partial charge in [-0.3, -0.25) is 0 Å². The molecule has 0 N–H and O–H groups in total. The molecule has 1 aromatic rings. The van der Waals surface area contributed by atoms with Crippen molar-refractivity contribution in [2.24, 2.45) is 5.41 Å². The Morgan fingerprint density at radius 1 is 1.37 bits per heavy atom. The Morgan fingerprint density at radius 2 is 2.05 bits per heavy atom. The molecule has 1 fully saturated rings. The molecule has 1 aromatic carbocycles. The van der Waals surface area contributed by atoms with E-state index in [1.54, 1.807) is 0 Å². The molecule has 0 aliphatic heterocycles. The molecule has 0 heterocycles. The zero-order valence-electron chi connectivity index (χ0n) is 11.9. The van der Waals surface area contributed by atoms with Crippen LogP contribution in [0.25, 0.3) is 0 Å². The average molecular weight is 346 g/mol. The van der Waals surface area contributed by atoms with Gasteiger partial charge in [-0.2, -0.15) is 0 Å². The average Bonchev–Trinajstić information content (AvgIpc) is 2.30. The summed E-state index contributed by atoms with van der Waals surface area (Å²) in [5.41, 5.74) is 2.64. The van der Waals surface area contributed by atoms with Crippen molar-refractivity contribution in [3.63, 3.8) is 0 Å². The molecule has 1 aliphatic rings. The first kappa shape index (κ1) is 15.2. The summed E-state index contributed by atoms with van der Waals surface area (Å²) in [5.74, 6) is 1.41. The Kier molecular flexibility index (Phi) is 4.84. The van der Waals surface area contributed by atoms with Crippen LogP contribution in [0.4, 0.5) is 0 Å². The van der Waals surface area contributed by atoms with Crippen molar-refractivity contribution in [1.82, 2.24) is 0 Å². The third-order valence-electron chi connectivity index (χ3n) is 4.15. The molecule has 106 valence electrons. The predicted molar refractivity (Wildman–Crippen MR) is 85.9 cm³/mol. The maximum atomic E-state index is 6.29. The second-order valence-electron chi connectivity index (χ2n) is 6.07. The molecule has 0 spiro atoms. The van der Waals surface area contributed by atoms with E-state index in [2.05, 4.69) is 42.8 Å². The van der Waals surface area contributed by atoms with Crippen LogP contribution in [0.2, 0.25) is 5.02 Å². The largest absolute Gasteiger partial charge is 0.493 e. The van der Waals surface area contributed by atoms with E-state index in [4.69, 9.17) is 16.3 Å². The maximum absolute atomic E-state index is 6.29. The fourth-order valence-electron chi connectivity index (χ4n) is 2.49. The van der Waals surface area contributed by atoms with E-state index >= 15 is 0 Å². The number of rotatable bonds is 5. The summed E-state index contributed by atoms with van der Waals surface area (Å²) in [7, 11) is 0. The van der Waals surface area contributed by atoms with Crippen LogP contribution in [-0.4, -0.2) is 11.9 Å². The van der Waals surface area contributed by atoms with Crippen molar-refractivity contribution in [1.29, 1.82) is 0 Å². The smallest absolute Gasteiger partial charge is 0.122 e. The summed E-state index contributed by atoms with van der Waals surface area (Å²) >= 11 is 9.91. The molecule has 0 radical (unpaired) electrons. The molecule has 0 aromatic heterocycles. The molecule has 2 rings (SSSR count). The van der Waals surface area contributed by atoms with Gasteiger partial charge in [-0.25, -0.2) is 0 Å². The topological polar surface area (TPSA) is 9.23 Å². The molecular formula is C16H22BrClO. The molecular weight excluding hydrogens is 324 g/mol. The third-order valence-corrected chi connectivity index (χ3v) is 5.66. The quantitative estimate of drug-likeness (QED) is 0.620. The summed E-state index contributed by atoms with van der Waals surface area (Å²) in [6.45, 7) is 7.18. The van der Waals surface area contributed by atoms with Crippen LogP contribution < -0.4 is 4.74 Å². The molecule has 1 aliphatic carbocycles. The summed E-state index contributed by atoms with van der Waals surface area (Å²) in [5, 5.41) is 1.88. The Hall–Kier alpha value is -0.210. The van der Waals surface area contributed by atoms with E-state index in [1.807, 2.05) is 6.07 Å². The Labute approximate surface area is 129 Å². The zero-order chi connectivity index (χ0) is 14.0. The Bertz CT molecular complexity index is 447. The number of benzene rings is 1. The van der Waals surface area contributed by atoms with Gasteiger partial charge in [0, 0.05) is 15.8 Å². The lowest BCUT2D eigenvalue weighted by atomic mass is 9.71. The third kappa shape index (κ3) is 3.28. The van der Waals surface area contributed by atoms with Gasteiger partial charge in [0.05, 0.1) is 6.61 Å². The van der Waals surface area contributed by atoms with Crippen molar-refractivity contribution in [2.75, 3.05) is 11.9 Å². The maximum Gasteiger partial charge on any atom is 0.122 e. The van der Waals surface area contributed by atoms with Gasteiger partial charge in [0.1, 0.15) is 5.75 Å². The van der Waals surface area contributed by atoms with Gasteiger partial charge < -0.3 is 4.74 Å². The van der Waals surface area contributed by atoms with Crippen LogP contribution in [-0.2, 0) is 0 Å². The second kappa shape index (κ2) is 6.05. The minimum atomic E-state index is 0.351. The Balaban J connectivity index is 2.13. The minimum absolute atomic E-state index is 0.351. The Morgan fingerprint density at radius 3 is 2.53 bits per heavy atom. The van der Waals surface area contributed by atoms with E-state index in [0.717, 1.165) is 28.3 Å². The highest BCUT2D eigenvalue weighted by atomic mass is 79.9. The van der Waals surface area contributed by atoms with Crippen molar-refractivity contribution < 1.29 is 4.74 Å². The minimum Gasteiger partial charge on any atom is -0.493 e. The predicted octanol–water partition coefficient (Wildman–Crippen LogP) is 5.72. The lowest BCUT2D eigenvalue weighted by molar-refractivity contribution is 0.0833. The highest BCUT2D eigenvalue weighted by Crippen LogP contribution is 2.43. The van der Waals surface area contributed by atoms with Crippen LogP contribution in [0.15, 0.2) is 12.1 Å². The van der Waals surface area contributed by atoms with Gasteiger partial charge in [0.15, 0.2) is 0 Å². The molecule has 0 saturated heterocycles. The van der Waals surface area contributed by atoms with Crippen LogP contribution in [0.3, 0.4) is 0 Å².